The first kappa shape index (κ1) is 19.8. The Bertz CT molecular complexity index is 1150. The molecule has 10 heteroatoms. The Labute approximate surface area is 177 Å². The number of nitrogen functional groups attached to an aromatic ring is 1. The zero-order valence-corrected chi connectivity index (χ0v) is 17.2. The summed E-state index contributed by atoms with van der Waals surface area (Å²) in [5.74, 6) is 1.57. The average Bonchev–Trinajstić information content (AvgIpc) is 3.31. The summed E-state index contributed by atoms with van der Waals surface area (Å²) in [5, 5.41) is 3.53. The van der Waals surface area contributed by atoms with Gasteiger partial charge in [0.05, 0.1) is 5.52 Å². The Morgan fingerprint density at radius 1 is 1.40 bits per heavy atom. The molecule has 3 aromatic rings. The third-order valence-electron chi connectivity index (χ3n) is 4.64. The molecule has 0 spiro atoms. The summed E-state index contributed by atoms with van der Waals surface area (Å²) >= 11 is 1.52. The number of nitrogens with two attached hydrogens (primary N) is 1. The highest BCUT2D eigenvalue weighted by atomic mass is 32.2. The zero-order chi connectivity index (χ0) is 21.1. The van der Waals surface area contributed by atoms with Gasteiger partial charge in [0.2, 0.25) is 6.79 Å². The van der Waals surface area contributed by atoms with Gasteiger partial charge in [-0.05, 0) is 37.1 Å². The van der Waals surface area contributed by atoms with Crippen LogP contribution >= 0.6 is 11.8 Å². The van der Waals surface area contributed by atoms with E-state index >= 15 is 0 Å². The molecule has 0 radical (unpaired) electrons. The van der Waals surface area contributed by atoms with Crippen molar-refractivity contribution in [3.63, 3.8) is 0 Å². The molecule has 2 aromatic heterocycles. The summed E-state index contributed by atoms with van der Waals surface area (Å²) in [4.78, 5) is 24.5. The van der Waals surface area contributed by atoms with E-state index in [0.29, 0.717) is 30.8 Å². The van der Waals surface area contributed by atoms with Crippen LogP contribution in [0.1, 0.15) is 12.0 Å². The first-order chi connectivity index (χ1) is 14.6. The van der Waals surface area contributed by atoms with Gasteiger partial charge in [-0.1, -0.05) is 11.8 Å². The molecule has 1 aliphatic rings. The van der Waals surface area contributed by atoms with E-state index in [-0.39, 0.29) is 19.2 Å². The Balaban J connectivity index is 1.60. The van der Waals surface area contributed by atoms with Crippen molar-refractivity contribution in [2.24, 2.45) is 0 Å². The van der Waals surface area contributed by atoms with Crippen LogP contribution in [0, 0.1) is 13.5 Å². The van der Waals surface area contributed by atoms with Crippen molar-refractivity contribution in [1.29, 1.82) is 0 Å². The number of carbonyl (C=O) groups excluding carboxylic acids is 1. The van der Waals surface area contributed by atoms with E-state index in [9.17, 15) is 4.79 Å². The average molecular weight is 424 g/mol. The molecule has 0 saturated carbocycles. The second-order valence-electron chi connectivity index (χ2n) is 6.70. The lowest BCUT2D eigenvalue weighted by Gasteiger charge is -2.11. The molecule has 1 aromatic carbocycles. The highest BCUT2D eigenvalue weighted by molar-refractivity contribution is 7.99. The number of hydrogen-bond donors (Lipinski definition) is 2. The van der Waals surface area contributed by atoms with Crippen molar-refractivity contribution < 1.29 is 14.3 Å². The summed E-state index contributed by atoms with van der Waals surface area (Å²) in [6.07, 6.45) is 2.35. The van der Waals surface area contributed by atoms with E-state index in [1.807, 2.05) is 25.1 Å². The molecule has 0 unspecified atom stereocenters. The number of anilines is 1. The van der Waals surface area contributed by atoms with Crippen molar-refractivity contribution in [2.75, 3.05) is 25.6 Å². The Hall–Kier alpha value is -3.45. The lowest BCUT2D eigenvalue weighted by atomic mass is 10.2. The number of fused-ring (bicyclic) bond motifs is 2. The highest BCUT2D eigenvalue weighted by Crippen LogP contribution is 2.41. The van der Waals surface area contributed by atoms with Crippen LogP contribution in [0.2, 0.25) is 0 Å². The normalized spacial score (nSPS) is 12.1. The van der Waals surface area contributed by atoms with E-state index in [4.69, 9.17) is 26.8 Å². The fraction of sp³-hybridized carbons (Fsp3) is 0.300. The van der Waals surface area contributed by atoms with E-state index < -0.39 is 0 Å². The summed E-state index contributed by atoms with van der Waals surface area (Å²) in [7, 11) is 0. The maximum Gasteiger partial charge on any atom is 0.300 e. The molecular formula is C20H20N6O3S. The van der Waals surface area contributed by atoms with Crippen LogP contribution in [0.25, 0.3) is 15.9 Å². The first-order valence-electron chi connectivity index (χ1n) is 9.35. The summed E-state index contributed by atoms with van der Waals surface area (Å²) in [5.41, 5.74) is 8.63. The van der Waals surface area contributed by atoms with Crippen LogP contribution in [0.3, 0.4) is 0 Å². The third kappa shape index (κ3) is 3.97. The second-order valence-corrected chi connectivity index (χ2v) is 7.71. The quantitative estimate of drug-likeness (QED) is 0.443. The number of benzene rings is 1. The fourth-order valence-electron chi connectivity index (χ4n) is 3.17. The number of ether oxygens (including phenoxy) is 2. The van der Waals surface area contributed by atoms with Gasteiger partial charge in [-0.15, -0.1) is 0 Å². The van der Waals surface area contributed by atoms with Gasteiger partial charge in [0.1, 0.15) is 5.52 Å². The van der Waals surface area contributed by atoms with Crippen molar-refractivity contribution >= 4 is 34.5 Å². The summed E-state index contributed by atoms with van der Waals surface area (Å²) < 4.78 is 13.0. The molecule has 30 heavy (non-hydrogen) atoms. The fourth-order valence-corrected chi connectivity index (χ4v) is 4.19. The zero-order valence-electron chi connectivity index (χ0n) is 16.3. The third-order valence-corrected chi connectivity index (χ3v) is 5.79. The standard InChI is InChI=1S/C20H20N6O3S/c1-12-8-14-15(29-11-28-14)9-16(12)30-20-25-18-13(4-6-24-19(18)21)26(20)7-3-5-23-17(27)10-22-2/h4,6,8-9H,3,5,7,10-11H2,1H3,(H2,21,24)(H,23,27). The van der Waals surface area contributed by atoms with Crippen LogP contribution in [-0.2, 0) is 11.3 Å². The number of hydrogen-bond acceptors (Lipinski definition) is 7. The topological polar surface area (TPSA) is 109 Å². The SMILES string of the molecule is [C-]#[N+]CC(=O)NCCCn1c(Sc2cc3c(cc2C)OCO3)nc2c(N)nccc21. The number of pyridine rings is 1. The number of amides is 1. The Morgan fingerprint density at radius 2 is 2.20 bits per heavy atom. The number of aryl methyl sites for hydroxylation is 2. The molecule has 1 amide bonds. The van der Waals surface area contributed by atoms with Crippen LogP contribution in [0.4, 0.5) is 5.82 Å². The maximum absolute atomic E-state index is 11.5. The molecular weight excluding hydrogens is 404 g/mol. The van der Waals surface area contributed by atoms with E-state index in [2.05, 4.69) is 19.7 Å². The molecule has 9 nitrogen and oxygen atoms in total. The van der Waals surface area contributed by atoms with Crippen LogP contribution in [-0.4, -0.2) is 40.3 Å². The smallest absolute Gasteiger partial charge is 0.300 e. The molecule has 0 fully saturated rings. The monoisotopic (exact) mass is 424 g/mol. The molecule has 0 atom stereocenters. The minimum absolute atomic E-state index is 0.152. The maximum atomic E-state index is 11.5. The molecule has 0 saturated heterocycles. The lowest BCUT2D eigenvalue weighted by molar-refractivity contribution is -0.119. The summed E-state index contributed by atoms with van der Waals surface area (Å²) in [6, 6.07) is 5.80. The van der Waals surface area contributed by atoms with Gasteiger partial charge in [0.25, 0.3) is 12.5 Å². The number of imidazole rings is 1. The largest absolute Gasteiger partial charge is 0.454 e. The molecule has 0 aliphatic carbocycles. The predicted molar refractivity (Wildman–Crippen MR) is 112 cm³/mol. The van der Waals surface area contributed by atoms with Crippen LogP contribution in [0.5, 0.6) is 11.5 Å². The van der Waals surface area contributed by atoms with E-state index in [1.165, 1.54) is 11.8 Å². The molecule has 3 heterocycles. The minimum Gasteiger partial charge on any atom is -0.454 e. The van der Waals surface area contributed by atoms with E-state index in [1.54, 1.807) is 6.20 Å². The summed E-state index contributed by atoms with van der Waals surface area (Å²) in [6.45, 7) is 9.94. The van der Waals surface area contributed by atoms with Crippen molar-refractivity contribution in [2.45, 2.75) is 29.9 Å². The van der Waals surface area contributed by atoms with Crippen LogP contribution in [0.15, 0.2) is 34.4 Å². The second kappa shape index (κ2) is 8.51. The Morgan fingerprint density at radius 3 is 3.00 bits per heavy atom. The van der Waals surface area contributed by atoms with Crippen molar-refractivity contribution in [1.82, 2.24) is 19.9 Å². The molecule has 1 aliphatic heterocycles. The van der Waals surface area contributed by atoms with Gasteiger partial charge in [-0.2, -0.15) is 0 Å². The predicted octanol–water partition coefficient (Wildman–Crippen LogP) is 2.63. The molecule has 0 bridgehead atoms. The van der Waals surface area contributed by atoms with Crippen molar-refractivity contribution in [3.8, 4) is 11.5 Å². The Kier molecular flexibility index (Phi) is 5.63. The lowest BCUT2D eigenvalue weighted by Crippen LogP contribution is -2.26. The number of nitrogens with zero attached hydrogens (tertiary/aromatic N) is 4. The van der Waals surface area contributed by atoms with Crippen molar-refractivity contribution in [3.05, 3.63) is 41.4 Å². The van der Waals surface area contributed by atoms with Gasteiger partial charge < -0.3 is 29.9 Å². The molecule has 4 rings (SSSR count). The first-order valence-corrected chi connectivity index (χ1v) is 10.2. The minimum atomic E-state index is -0.264. The number of rotatable bonds is 7. The van der Waals surface area contributed by atoms with Gasteiger partial charge in [-0.3, -0.25) is 4.79 Å². The van der Waals surface area contributed by atoms with E-state index in [0.717, 1.165) is 32.6 Å². The molecule has 3 N–H and O–H groups in total. The van der Waals surface area contributed by atoms with Gasteiger partial charge in [-0.25, -0.2) is 16.5 Å². The number of nitrogens with one attached hydrogen (secondary N) is 1. The highest BCUT2D eigenvalue weighted by Gasteiger charge is 2.19. The van der Waals surface area contributed by atoms with Gasteiger partial charge in [0.15, 0.2) is 22.5 Å². The molecule has 154 valence electrons. The van der Waals surface area contributed by atoms with Crippen LogP contribution < -0.4 is 20.5 Å². The number of aromatic nitrogens is 3. The van der Waals surface area contributed by atoms with Gasteiger partial charge in [0, 0.05) is 24.2 Å². The van der Waals surface area contributed by atoms with Gasteiger partial charge >= 0.3 is 0 Å². The number of carbonyl (C=O) groups is 1.